The molecule has 1 unspecified atom stereocenters. The highest BCUT2D eigenvalue weighted by atomic mass is 16.2. The third-order valence-corrected chi connectivity index (χ3v) is 4.06. The van der Waals surface area contributed by atoms with E-state index < -0.39 is 0 Å². The molecule has 2 saturated carbocycles. The molecule has 2 amide bonds. The molecule has 1 heterocycles. The van der Waals surface area contributed by atoms with Crippen LogP contribution in [0.3, 0.4) is 0 Å². The fourth-order valence-corrected chi connectivity index (χ4v) is 2.64. The molecular weight excluding hydrogens is 216 g/mol. The molecule has 0 aromatic carbocycles. The normalized spacial score (nSPS) is 29.4. The van der Waals surface area contributed by atoms with E-state index in [9.17, 15) is 9.59 Å². The molecule has 0 aromatic rings. The molecule has 1 atom stereocenters. The lowest BCUT2D eigenvalue weighted by atomic mass is 10.1. The van der Waals surface area contributed by atoms with Gasteiger partial charge in [-0.1, -0.05) is 12.8 Å². The van der Waals surface area contributed by atoms with Crippen LogP contribution in [-0.2, 0) is 9.59 Å². The van der Waals surface area contributed by atoms with Crippen LogP contribution < -0.4 is 5.32 Å². The first-order valence-electron chi connectivity index (χ1n) is 6.82. The zero-order chi connectivity index (χ0) is 11.8. The molecule has 3 rings (SSSR count). The second-order valence-corrected chi connectivity index (χ2v) is 5.73. The summed E-state index contributed by atoms with van der Waals surface area (Å²) < 4.78 is 0. The van der Waals surface area contributed by atoms with Gasteiger partial charge in [-0.2, -0.15) is 0 Å². The van der Waals surface area contributed by atoms with Crippen LogP contribution in [0.15, 0.2) is 0 Å². The van der Waals surface area contributed by atoms with Crippen LogP contribution in [0.2, 0.25) is 0 Å². The summed E-state index contributed by atoms with van der Waals surface area (Å²) in [5.74, 6) is 1.50. The molecular formula is C13H20N2O2. The van der Waals surface area contributed by atoms with Gasteiger partial charge in [0.2, 0.25) is 11.8 Å². The number of carbonyl (C=O) groups excluding carboxylic acids is 2. The van der Waals surface area contributed by atoms with Gasteiger partial charge >= 0.3 is 0 Å². The second-order valence-electron chi connectivity index (χ2n) is 5.73. The van der Waals surface area contributed by atoms with Crippen molar-refractivity contribution in [2.24, 2.45) is 11.8 Å². The number of amides is 2. The Morgan fingerprint density at radius 1 is 1.18 bits per heavy atom. The van der Waals surface area contributed by atoms with Crippen molar-refractivity contribution < 1.29 is 9.59 Å². The first-order valence-corrected chi connectivity index (χ1v) is 6.82. The predicted octanol–water partition coefficient (Wildman–Crippen LogP) is 0.914. The molecule has 4 nitrogen and oxygen atoms in total. The highest BCUT2D eigenvalue weighted by Gasteiger charge is 2.42. The Morgan fingerprint density at radius 2 is 1.94 bits per heavy atom. The van der Waals surface area contributed by atoms with Crippen LogP contribution in [0.25, 0.3) is 0 Å². The van der Waals surface area contributed by atoms with Gasteiger partial charge in [-0.15, -0.1) is 0 Å². The van der Waals surface area contributed by atoms with Gasteiger partial charge in [0, 0.05) is 6.54 Å². The maximum atomic E-state index is 12.2. The number of hydrogen-bond donors (Lipinski definition) is 1. The lowest BCUT2D eigenvalue weighted by Gasteiger charge is -2.32. The summed E-state index contributed by atoms with van der Waals surface area (Å²) in [7, 11) is 0. The molecule has 3 aliphatic rings. The Balaban J connectivity index is 1.53. The Morgan fingerprint density at radius 3 is 2.59 bits per heavy atom. The maximum Gasteiger partial charge on any atom is 0.245 e. The molecule has 4 heteroatoms. The zero-order valence-corrected chi connectivity index (χ0v) is 10.2. The van der Waals surface area contributed by atoms with Gasteiger partial charge < -0.3 is 10.2 Å². The quantitative estimate of drug-likeness (QED) is 0.771. The van der Waals surface area contributed by atoms with Crippen LogP contribution in [0.4, 0.5) is 0 Å². The Bertz CT molecular complexity index is 334. The third-order valence-electron chi connectivity index (χ3n) is 4.06. The second kappa shape index (κ2) is 4.31. The van der Waals surface area contributed by atoms with Crippen LogP contribution >= 0.6 is 0 Å². The Hall–Kier alpha value is -1.06. The summed E-state index contributed by atoms with van der Waals surface area (Å²) in [6.45, 7) is 1.04. The van der Waals surface area contributed by atoms with Crippen molar-refractivity contribution in [3.8, 4) is 0 Å². The number of carbonyl (C=O) groups is 2. The summed E-state index contributed by atoms with van der Waals surface area (Å²) in [5, 5.41) is 2.84. The topological polar surface area (TPSA) is 49.4 Å². The van der Waals surface area contributed by atoms with Crippen LogP contribution in [0.1, 0.15) is 38.5 Å². The van der Waals surface area contributed by atoms with E-state index in [0.717, 1.165) is 31.7 Å². The summed E-state index contributed by atoms with van der Waals surface area (Å²) in [6.07, 6.45) is 7.18. The van der Waals surface area contributed by atoms with Gasteiger partial charge in [-0.05, 0) is 37.5 Å². The van der Waals surface area contributed by atoms with E-state index in [1.807, 2.05) is 0 Å². The Kier molecular flexibility index (Phi) is 2.81. The fraction of sp³-hybridized carbons (Fsp3) is 0.846. The molecule has 17 heavy (non-hydrogen) atoms. The van der Waals surface area contributed by atoms with E-state index in [-0.39, 0.29) is 24.4 Å². The van der Waals surface area contributed by atoms with Gasteiger partial charge in [0.1, 0.15) is 6.04 Å². The monoisotopic (exact) mass is 236 g/mol. The van der Waals surface area contributed by atoms with Gasteiger partial charge in [0.25, 0.3) is 0 Å². The van der Waals surface area contributed by atoms with Crippen LogP contribution in [0.5, 0.6) is 0 Å². The summed E-state index contributed by atoms with van der Waals surface area (Å²) >= 11 is 0. The first-order chi connectivity index (χ1) is 8.24. The van der Waals surface area contributed by atoms with Crippen molar-refractivity contribution >= 4 is 11.8 Å². The standard InChI is InChI=1S/C13H20N2O2/c16-11-8-15(7-1-2-9-3-4-9)13(17)12(14-11)10-5-6-10/h9-10,12H,1-8H2,(H,14,16). The largest absolute Gasteiger partial charge is 0.342 e. The summed E-state index contributed by atoms with van der Waals surface area (Å²) in [4.78, 5) is 25.5. The number of piperazine rings is 1. The van der Waals surface area contributed by atoms with Crippen LogP contribution in [-0.4, -0.2) is 35.8 Å². The smallest absolute Gasteiger partial charge is 0.245 e. The number of rotatable bonds is 5. The lowest BCUT2D eigenvalue weighted by molar-refractivity contribution is -0.144. The van der Waals surface area contributed by atoms with Crippen molar-refractivity contribution in [2.75, 3.05) is 13.1 Å². The van der Waals surface area contributed by atoms with Crippen molar-refractivity contribution in [3.63, 3.8) is 0 Å². The highest BCUT2D eigenvalue weighted by Crippen LogP contribution is 2.35. The van der Waals surface area contributed by atoms with Gasteiger partial charge in [0.15, 0.2) is 0 Å². The minimum Gasteiger partial charge on any atom is -0.342 e. The predicted molar refractivity (Wildman–Crippen MR) is 63.2 cm³/mol. The van der Waals surface area contributed by atoms with Gasteiger partial charge in [-0.3, -0.25) is 9.59 Å². The third kappa shape index (κ3) is 2.61. The van der Waals surface area contributed by atoms with Crippen molar-refractivity contribution in [3.05, 3.63) is 0 Å². The average molecular weight is 236 g/mol. The van der Waals surface area contributed by atoms with E-state index in [1.54, 1.807) is 4.90 Å². The Labute approximate surface area is 102 Å². The lowest BCUT2D eigenvalue weighted by Crippen LogP contribution is -2.58. The summed E-state index contributed by atoms with van der Waals surface area (Å²) in [5.41, 5.74) is 0. The molecule has 2 aliphatic carbocycles. The molecule has 1 saturated heterocycles. The fourth-order valence-electron chi connectivity index (χ4n) is 2.64. The average Bonchev–Trinajstić information content (AvgIpc) is 3.14. The molecule has 1 N–H and O–H groups in total. The number of hydrogen-bond acceptors (Lipinski definition) is 2. The van der Waals surface area contributed by atoms with Gasteiger partial charge in [0.05, 0.1) is 6.54 Å². The number of nitrogens with one attached hydrogen (secondary N) is 1. The van der Waals surface area contributed by atoms with E-state index in [2.05, 4.69) is 5.32 Å². The molecule has 0 radical (unpaired) electrons. The van der Waals surface area contributed by atoms with E-state index in [4.69, 9.17) is 0 Å². The molecule has 0 aromatic heterocycles. The van der Waals surface area contributed by atoms with Crippen molar-refractivity contribution in [1.82, 2.24) is 10.2 Å². The highest BCUT2D eigenvalue weighted by molar-refractivity contribution is 5.95. The van der Waals surface area contributed by atoms with E-state index in [0.29, 0.717) is 5.92 Å². The van der Waals surface area contributed by atoms with Crippen LogP contribution in [0, 0.1) is 11.8 Å². The minimum absolute atomic E-state index is 0.0212. The number of nitrogens with zero attached hydrogens (tertiary/aromatic N) is 1. The molecule has 3 fully saturated rings. The molecule has 94 valence electrons. The molecule has 0 bridgehead atoms. The van der Waals surface area contributed by atoms with Crippen molar-refractivity contribution in [1.29, 1.82) is 0 Å². The molecule has 0 spiro atoms. The van der Waals surface area contributed by atoms with E-state index >= 15 is 0 Å². The summed E-state index contributed by atoms with van der Waals surface area (Å²) in [6, 6.07) is -0.211. The maximum absolute atomic E-state index is 12.2. The first kappa shape index (κ1) is 11.1. The van der Waals surface area contributed by atoms with E-state index in [1.165, 1.54) is 19.3 Å². The zero-order valence-electron chi connectivity index (χ0n) is 10.2. The minimum atomic E-state index is -0.211. The molecule has 1 aliphatic heterocycles. The van der Waals surface area contributed by atoms with Gasteiger partial charge in [-0.25, -0.2) is 0 Å². The van der Waals surface area contributed by atoms with Crippen molar-refractivity contribution in [2.45, 2.75) is 44.6 Å². The SMILES string of the molecule is O=C1CN(CCCC2CC2)C(=O)C(C2CC2)N1.